The van der Waals surface area contributed by atoms with Crippen LogP contribution in [-0.2, 0) is 13.5 Å². The summed E-state index contributed by atoms with van der Waals surface area (Å²) in [6.45, 7) is 1.12. The summed E-state index contributed by atoms with van der Waals surface area (Å²) in [5, 5.41) is 24.3. The molecule has 7 heteroatoms. The van der Waals surface area contributed by atoms with E-state index in [0.717, 1.165) is 22.6 Å². The standard InChI is InChI=1S/C18H18N6O/c1-24-13-15(12-21-24)17-6-7-18(23-22-17)20-10-11-25-16-4-2-14(3-5-16)8-9-19/h2-7,12-13H,8,10-11H2,1H3,(H,20,23). The predicted molar refractivity (Wildman–Crippen MR) is 94.0 cm³/mol. The van der Waals surface area contributed by atoms with Gasteiger partial charge in [-0.05, 0) is 29.8 Å². The molecule has 1 N–H and O–H groups in total. The van der Waals surface area contributed by atoms with E-state index >= 15 is 0 Å². The Hall–Kier alpha value is -3.40. The van der Waals surface area contributed by atoms with E-state index in [-0.39, 0.29) is 0 Å². The van der Waals surface area contributed by atoms with Crippen molar-refractivity contribution >= 4 is 5.82 Å². The number of nitrogens with zero attached hydrogens (tertiary/aromatic N) is 5. The van der Waals surface area contributed by atoms with Crippen molar-refractivity contribution in [2.45, 2.75) is 6.42 Å². The number of anilines is 1. The maximum atomic E-state index is 8.65. The van der Waals surface area contributed by atoms with Gasteiger partial charge in [-0.1, -0.05) is 12.1 Å². The van der Waals surface area contributed by atoms with Crippen LogP contribution in [-0.4, -0.2) is 33.1 Å². The van der Waals surface area contributed by atoms with Crippen LogP contribution in [0.15, 0.2) is 48.8 Å². The van der Waals surface area contributed by atoms with Crippen molar-refractivity contribution in [3.05, 3.63) is 54.4 Å². The fourth-order valence-corrected chi connectivity index (χ4v) is 2.28. The molecule has 0 aliphatic heterocycles. The molecule has 3 rings (SSSR count). The Balaban J connectivity index is 1.45. The summed E-state index contributed by atoms with van der Waals surface area (Å²) in [4.78, 5) is 0. The fourth-order valence-electron chi connectivity index (χ4n) is 2.28. The number of nitriles is 1. The molecule has 1 aromatic carbocycles. The zero-order valence-electron chi connectivity index (χ0n) is 13.9. The first-order valence-electron chi connectivity index (χ1n) is 7.90. The topological polar surface area (TPSA) is 88.7 Å². The first kappa shape index (κ1) is 16.5. The van der Waals surface area contributed by atoms with Gasteiger partial charge < -0.3 is 10.1 Å². The number of ether oxygens (including phenoxy) is 1. The Bertz CT molecular complexity index is 849. The molecule has 0 saturated heterocycles. The summed E-state index contributed by atoms with van der Waals surface area (Å²) < 4.78 is 7.38. The van der Waals surface area contributed by atoms with Crippen LogP contribution >= 0.6 is 0 Å². The van der Waals surface area contributed by atoms with Gasteiger partial charge in [0.2, 0.25) is 0 Å². The number of hydrogen-bond donors (Lipinski definition) is 1. The quantitative estimate of drug-likeness (QED) is 0.668. The minimum absolute atomic E-state index is 0.412. The maximum Gasteiger partial charge on any atom is 0.148 e. The molecule has 0 aliphatic carbocycles. The Morgan fingerprint density at radius 2 is 2.00 bits per heavy atom. The van der Waals surface area contributed by atoms with Crippen LogP contribution in [0.25, 0.3) is 11.3 Å². The molecule has 0 atom stereocenters. The predicted octanol–water partition coefficient (Wildman–Crippen LogP) is 2.43. The van der Waals surface area contributed by atoms with E-state index in [1.54, 1.807) is 10.9 Å². The lowest BCUT2D eigenvalue weighted by atomic mass is 10.2. The van der Waals surface area contributed by atoms with Gasteiger partial charge in [-0.25, -0.2) is 0 Å². The van der Waals surface area contributed by atoms with Gasteiger partial charge in [0.1, 0.15) is 18.2 Å². The molecule has 0 fully saturated rings. The molecule has 0 unspecified atom stereocenters. The first-order valence-corrected chi connectivity index (χ1v) is 7.90. The summed E-state index contributed by atoms with van der Waals surface area (Å²) in [6, 6.07) is 13.4. The molecule has 2 aromatic heterocycles. The molecule has 25 heavy (non-hydrogen) atoms. The zero-order chi connectivity index (χ0) is 17.5. The van der Waals surface area contributed by atoms with Gasteiger partial charge in [-0.2, -0.15) is 10.4 Å². The summed E-state index contributed by atoms with van der Waals surface area (Å²) in [6.07, 6.45) is 4.06. The lowest BCUT2D eigenvalue weighted by Gasteiger charge is -2.08. The van der Waals surface area contributed by atoms with Crippen molar-refractivity contribution in [1.29, 1.82) is 5.26 Å². The minimum Gasteiger partial charge on any atom is -0.492 e. The summed E-state index contributed by atoms with van der Waals surface area (Å²) in [7, 11) is 1.87. The molecular formula is C18H18N6O. The summed E-state index contributed by atoms with van der Waals surface area (Å²) in [5.41, 5.74) is 2.70. The Morgan fingerprint density at radius 3 is 2.64 bits per heavy atom. The van der Waals surface area contributed by atoms with E-state index in [1.807, 2.05) is 49.6 Å². The van der Waals surface area contributed by atoms with E-state index in [2.05, 4.69) is 26.7 Å². The highest BCUT2D eigenvalue weighted by Crippen LogP contribution is 2.16. The van der Waals surface area contributed by atoms with Crippen LogP contribution in [0.4, 0.5) is 5.82 Å². The molecule has 7 nitrogen and oxygen atoms in total. The van der Waals surface area contributed by atoms with Gasteiger partial charge >= 0.3 is 0 Å². The fraction of sp³-hybridized carbons (Fsp3) is 0.222. The Kier molecular flexibility index (Phi) is 5.22. The third-order valence-electron chi connectivity index (χ3n) is 3.55. The summed E-state index contributed by atoms with van der Waals surface area (Å²) in [5.74, 6) is 1.47. The van der Waals surface area contributed by atoms with E-state index < -0.39 is 0 Å². The van der Waals surface area contributed by atoms with Crippen LogP contribution in [0, 0.1) is 11.3 Å². The lowest BCUT2D eigenvalue weighted by molar-refractivity contribution is 0.332. The van der Waals surface area contributed by atoms with Crippen molar-refractivity contribution in [2.75, 3.05) is 18.5 Å². The molecule has 3 aromatic rings. The van der Waals surface area contributed by atoms with Crippen LogP contribution in [0.3, 0.4) is 0 Å². The van der Waals surface area contributed by atoms with Gasteiger partial charge in [0.25, 0.3) is 0 Å². The molecule has 2 heterocycles. The molecule has 0 radical (unpaired) electrons. The molecular weight excluding hydrogens is 316 g/mol. The molecule has 0 bridgehead atoms. The van der Waals surface area contributed by atoms with E-state index in [9.17, 15) is 0 Å². The van der Waals surface area contributed by atoms with Gasteiger partial charge in [0.05, 0.1) is 30.9 Å². The summed E-state index contributed by atoms with van der Waals surface area (Å²) >= 11 is 0. The first-order chi connectivity index (χ1) is 12.2. The highest BCUT2D eigenvalue weighted by Gasteiger charge is 2.03. The number of hydrogen-bond acceptors (Lipinski definition) is 6. The average Bonchev–Trinajstić information content (AvgIpc) is 3.07. The number of aromatic nitrogens is 4. The van der Waals surface area contributed by atoms with E-state index in [0.29, 0.717) is 25.4 Å². The molecule has 0 amide bonds. The van der Waals surface area contributed by atoms with Gasteiger partial charge in [0, 0.05) is 18.8 Å². The van der Waals surface area contributed by atoms with E-state index in [4.69, 9.17) is 10.00 Å². The molecule has 0 spiro atoms. The van der Waals surface area contributed by atoms with Crippen molar-refractivity contribution < 1.29 is 4.74 Å². The molecule has 0 saturated carbocycles. The monoisotopic (exact) mass is 334 g/mol. The van der Waals surface area contributed by atoms with Crippen molar-refractivity contribution in [1.82, 2.24) is 20.0 Å². The third-order valence-corrected chi connectivity index (χ3v) is 3.55. The normalized spacial score (nSPS) is 10.2. The van der Waals surface area contributed by atoms with Crippen LogP contribution in [0.5, 0.6) is 5.75 Å². The highest BCUT2D eigenvalue weighted by molar-refractivity contribution is 5.57. The van der Waals surface area contributed by atoms with Gasteiger partial charge in [-0.3, -0.25) is 4.68 Å². The Labute approximate surface area is 145 Å². The average molecular weight is 334 g/mol. The Morgan fingerprint density at radius 1 is 1.16 bits per heavy atom. The third kappa shape index (κ3) is 4.54. The smallest absolute Gasteiger partial charge is 0.148 e. The second-order valence-electron chi connectivity index (χ2n) is 5.46. The highest BCUT2D eigenvalue weighted by atomic mass is 16.5. The maximum absolute atomic E-state index is 8.65. The van der Waals surface area contributed by atoms with Crippen LogP contribution in [0.2, 0.25) is 0 Å². The number of aryl methyl sites for hydroxylation is 1. The van der Waals surface area contributed by atoms with E-state index in [1.165, 1.54) is 0 Å². The second kappa shape index (κ2) is 7.93. The van der Waals surface area contributed by atoms with Crippen molar-refractivity contribution in [3.8, 4) is 23.1 Å². The van der Waals surface area contributed by atoms with Crippen LogP contribution in [0.1, 0.15) is 5.56 Å². The van der Waals surface area contributed by atoms with Crippen molar-refractivity contribution in [2.24, 2.45) is 7.05 Å². The minimum atomic E-state index is 0.412. The lowest BCUT2D eigenvalue weighted by Crippen LogP contribution is -2.12. The van der Waals surface area contributed by atoms with Crippen molar-refractivity contribution in [3.63, 3.8) is 0 Å². The molecule has 126 valence electrons. The number of rotatable bonds is 7. The van der Waals surface area contributed by atoms with Crippen LogP contribution < -0.4 is 10.1 Å². The number of nitrogens with one attached hydrogen (secondary N) is 1. The van der Waals surface area contributed by atoms with Gasteiger partial charge in [-0.15, -0.1) is 10.2 Å². The number of benzene rings is 1. The van der Waals surface area contributed by atoms with Gasteiger partial charge in [0.15, 0.2) is 0 Å². The molecule has 0 aliphatic rings. The largest absolute Gasteiger partial charge is 0.492 e. The second-order valence-corrected chi connectivity index (χ2v) is 5.46. The SMILES string of the molecule is Cn1cc(-c2ccc(NCCOc3ccc(CC#N)cc3)nn2)cn1. The zero-order valence-corrected chi connectivity index (χ0v) is 13.9.